The average Bonchev–Trinajstić information content (AvgIpc) is 2.47. The summed E-state index contributed by atoms with van der Waals surface area (Å²) in [6.07, 6.45) is 0.848. The Labute approximate surface area is 138 Å². The fourth-order valence-corrected chi connectivity index (χ4v) is 3.38. The number of nitro benzene ring substituents is 1. The molecule has 122 valence electrons. The van der Waals surface area contributed by atoms with Gasteiger partial charge in [-0.1, -0.05) is 29.8 Å². The Morgan fingerprint density at radius 1 is 1.41 bits per heavy atom. The standard InChI is InChI=1S/C15H22BrN3O3/c1-10(2)7-13(18-5-3-17-4-6-18)12-8-11(16)9-14(15(12)20)19(21)22/h8-10,13,17,20H,3-7H2,1-2H3/t13-/m0/s1. The smallest absolute Gasteiger partial charge is 0.312 e. The van der Waals surface area contributed by atoms with E-state index >= 15 is 0 Å². The van der Waals surface area contributed by atoms with E-state index < -0.39 is 4.92 Å². The molecular formula is C15H22BrN3O3. The largest absolute Gasteiger partial charge is 0.502 e. The first kappa shape index (κ1) is 17.2. The van der Waals surface area contributed by atoms with Crippen molar-refractivity contribution in [3.8, 4) is 5.75 Å². The van der Waals surface area contributed by atoms with E-state index in [1.165, 1.54) is 6.07 Å². The van der Waals surface area contributed by atoms with E-state index in [-0.39, 0.29) is 17.5 Å². The monoisotopic (exact) mass is 371 g/mol. The van der Waals surface area contributed by atoms with Crippen molar-refractivity contribution in [2.45, 2.75) is 26.3 Å². The van der Waals surface area contributed by atoms with Crippen molar-refractivity contribution >= 4 is 21.6 Å². The molecule has 0 bridgehead atoms. The van der Waals surface area contributed by atoms with Gasteiger partial charge in [-0.3, -0.25) is 15.0 Å². The Bertz CT molecular complexity index is 545. The number of halogens is 1. The van der Waals surface area contributed by atoms with E-state index in [0.29, 0.717) is 16.0 Å². The lowest BCUT2D eigenvalue weighted by molar-refractivity contribution is -0.386. The minimum atomic E-state index is -0.534. The van der Waals surface area contributed by atoms with Gasteiger partial charge in [-0.25, -0.2) is 0 Å². The molecule has 1 aromatic carbocycles. The van der Waals surface area contributed by atoms with E-state index in [1.807, 2.05) is 0 Å². The first-order valence-electron chi connectivity index (χ1n) is 7.51. The Hall–Kier alpha value is -1.18. The third kappa shape index (κ3) is 3.97. The van der Waals surface area contributed by atoms with Crippen LogP contribution in [0, 0.1) is 16.0 Å². The first-order chi connectivity index (χ1) is 10.4. The molecule has 0 aliphatic carbocycles. The van der Waals surface area contributed by atoms with Crippen LogP contribution in [0.1, 0.15) is 31.9 Å². The van der Waals surface area contributed by atoms with Gasteiger partial charge in [0.25, 0.3) is 0 Å². The molecule has 0 radical (unpaired) electrons. The van der Waals surface area contributed by atoms with Crippen LogP contribution in [0.15, 0.2) is 16.6 Å². The van der Waals surface area contributed by atoms with Crippen molar-refractivity contribution in [2.75, 3.05) is 26.2 Å². The van der Waals surface area contributed by atoms with Crippen molar-refractivity contribution in [1.82, 2.24) is 10.2 Å². The van der Waals surface area contributed by atoms with E-state index in [0.717, 1.165) is 32.6 Å². The lowest BCUT2D eigenvalue weighted by Gasteiger charge is -2.36. The Kier molecular flexibility index (Phi) is 5.77. The second-order valence-electron chi connectivity index (χ2n) is 6.05. The van der Waals surface area contributed by atoms with Gasteiger partial charge >= 0.3 is 5.69 Å². The fourth-order valence-electron chi connectivity index (χ4n) is 2.91. The van der Waals surface area contributed by atoms with Crippen molar-refractivity contribution in [3.63, 3.8) is 0 Å². The maximum Gasteiger partial charge on any atom is 0.312 e. The van der Waals surface area contributed by atoms with Crippen LogP contribution in [0.3, 0.4) is 0 Å². The van der Waals surface area contributed by atoms with Crippen LogP contribution in [0.2, 0.25) is 0 Å². The number of nitro groups is 1. The summed E-state index contributed by atoms with van der Waals surface area (Å²) in [6.45, 7) is 7.78. The summed E-state index contributed by atoms with van der Waals surface area (Å²) in [5.74, 6) is 0.217. The van der Waals surface area contributed by atoms with Crippen LogP contribution in [0.25, 0.3) is 0 Å². The molecule has 1 heterocycles. The predicted molar refractivity (Wildman–Crippen MR) is 89.1 cm³/mol. The number of piperazine rings is 1. The minimum Gasteiger partial charge on any atom is -0.502 e. The molecule has 0 spiro atoms. The van der Waals surface area contributed by atoms with Crippen LogP contribution in [0.5, 0.6) is 5.75 Å². The van der Waals surface area contributed by atoms with Gasteiger partial charge in [-0.05, 0) is 18.4 Å². The maximum absolute atomic E-state index is 11.1. The second-order valence-corrected chi connectivity index (χ2v) is 6.97. The summed E-state index contributed by atoms with van der Waals surface area (Å²) >= 11 is 3.33. The van der Waals surface area contributed by atoms with E-state index in [9.17, 15) is 15.2 Å². The van der Waals surface area contributed by atoms with Gasteiger partial charge in [0.1, 0.15) is 0 Å². The quantitative estimate of drug-likeness (QED) is 0.614. The van der Waals surface area contributed by atoms with Crippen molar-refractivity contribution in [3.05, 3.63) is 32.3 Å². The Morgan fingerprint density at radius 2 is 2.05 bits per heavy atom. The van der Waals surface area contributed by atoms with E-state index in [4.69, 9.17) is 0 Å². The van der Waals surface area contributed by atoms with Gasteiger partial charge in [-0.15, -0.1) is 0 Å². The lowest BCUT2D eigenvalue weighted by atomic mass is 9.94. The third-order valence-electron chi connectivity index (χ3n) is 3.93. The van der Waals surface area contributed by atoms with E-state index in [1.54, 1.807) is 6.07 Å². The Balaban J connectivity index is 2.43. The van der Waals surface area contributed by atoms with Gasteiger partial charge in [0, 0.05) is 48.3 Å². The third-order valence-corrected chi connectivity index (χ3v) is 4.38. The van der Waals surface area contributed by atoms with E-state index in [2.05, 4.69) is 40.0 Å². The van der Waals surface area contributed by atoms with Crippen LogP contribution in [0.4, 0.5) is 5.69 Å². The highest BCUT2D eigenvalue weighted by molar-refractivity contribution is 9.10. The number of nitrogens with one attached hydrogen (secondary N) is 1. The predicted octanol–water partition coefficient (Wildman–Crippen LogP) is 3.06. The molecule has 0 aromatic heterocycles. The number of phenolic OH excluding ortho intramolecular Hbond substituents is 1. The highest BCUT2D eigenvalue weighted by Crippen LogP contribution is 2.41. The molecule has 1 aliphatic heterocycles. The van der Waals surface area contributed by atoms with Crippen LogP contribution in [-0.2, 0) is 0 Å². The Morgan fingerprint density at radius 3 is 2.59 bits per heavy atom. The number of nitrogens with zero attached hydrogens (tertiary/aromatic N) is 2. The van der Waals surface area contributed by atoms with Gasteiger partial charge < -0.3 is 10.4 Å². The molecule has 1 saturated heterocycles. The van der Waals surface area contributed by atoms with Crippen molar-refractivity contribution < 1.29 is 10.0 Å². The molecule has 1 aliphatic rings. The zero-order chi connectivity index (χ0) is 16.3. The van der Waals surface area contributed by atoms with Gasteiger partial charge in [0.2, 0.25) is 0 Å². The van der Waals surface area contributed by atoms with Crippen molar-refractivity contribution in [2.24, 2.45) is 5.92 Å². The average molecular weight is 372 g/mol. The number of rotatable bonds is 5. The zero-order valence-corrected chi connectivity index (χ0v) is 14.5. The highest BCUT2D eigenvalue weighted by Gasteiger charge is 2.29. The molecule has 2 N–H and O–H groups in total. The molecule has 1 atom stereocenters. The van der Waals surface area contributed by atoms with Crippen LogP contribution in [-0.4, -0.2) is 41.1 Å². The maximum atomic E-state index is 11.1. The van der Waals surface area contributed by atoms with Gasteiger partial charge in [-0.2, -0.15) is 0 Å². The molecular weight excluding hydrogens is 350 g/mol. The van der Waals surface area contributed by atoms with Gasteiger partial charge in [0.05, 0.1) is 4.92 Å². The minimum absolute atomic E-state index is 0.0155. The molecule has 0 unspecified atom stereocenters. The number of aromatic hydroxyl groups is 1. The lowest BCUT2D eigenvalue weighted by Crippen LogP contribution is -2.45. The summed E-state index contributed by atoms with van der Waals surface area (Å²) in [6, 6.07) is 3.14. The second kappa shape index (κ2) is 7.39. The summed E-state index contributed by atoms with van der Waals surface area (Å²) in [7, 11) is 0. The number of benzene rings is 1. The van der Waals surface area contributed by atoms with Gasteiger partial charge in [0.15, 0.2) is 5.75 Å². The normalized spacial score (nSPS) is 17.6. The molecule has 0 saturated carbocycles. The molecule has 6 nitrogen and oxygen atoms in total. The SMILES string of the molecule is CC(C)C[C@@H](c1cc(Br)cc([N+](=O)[O-])c1O)N1CCNCC1. The molecule has 22 heavy (non-hydrogen) atoms. The first-order valence-corrected chi connectivity index (χ1v) is 8.31. The molecule has 1 aromatic rings. The van der Waals surface area contributed by atoms with Crippen LogP contribution >= 0.6 is 15.9 Å². The summed E-state index contributed by atoms with van der Waals surface area (Å²) in [4.78, 5) is 12.9. The molecule has 7 heteroatoms. The molecule has 2 rings (SSSR count). The zero-order valence-electron chi connectivity index (χ0n) is 12.9. The summed E-state index contributed by atoms with van der Waals surface area (Å²) in [5.41, 5.74) is 0.393. The van der Waals surface area contributed by atoms with Crippen molar-refractivity contribution in [1.29, 1.82) is 0 Å². The topological polar surface area (TPSA) is 78.6 Å². The highest BCUT2D eigenvalue weighted by atomic mass is 79.9. The molecule has 1 fully saturated rings. The fraction of sp³-hybridized carbons (Fsp3) is 0.600. The number of phenols is 1. The number of hydrogen-bond donors (Lipinski definition) is 2. The molecule has 0 amide bonds. The number of hydrogen-bond acceptors (Lipinski definition) is 5. The summed E-state index contributed by atoms with van der Waals surface area (Å²) < 4.78 is 0.621. The summed E-state index contributed by atoms with van der Waals surface area (Å²) in [5, 5.41) is 24.8. The van der Waals surface area contributed by atoms with Crippen LogP contribution < -0.4 is 5.32 Å².